The Labute approximate surface area is 92.5 Å². The van der Waals surface area contributed by atoms with Crippen molar-refractivity contribution in [3.63, 3.8) is 0 Å². The molecule has 0 atom stereocenters. The van der Waals surface area contributed by atoms with Crippen molar-refractivity contribution in [1.29, 1.82) is 0 Å². The topological polar surface area (TPSA) is 51.0 Å². The smallest absolute Gasteiger partial charge is 0.183 e. The average molecular weight is 221 g/mol. The van der Waals surface area contributed by atoms with Gasteiger partial charge < -0.3 is 9.73 Å². The molecule has 0 saturated carbocycles. The number of halogens is 1. The molecule has 0 spiro atoms. The van der Waals surface area contributed by atoms with Gasteiger partial charge in [0, 0.05) is 12.1 Å². The molecule has 0 fully saturated rings. The van der Waals surface area contributed by atoms with E-state index in [1.165, 1.54) is 6.33 Å². The lowest BCUT2D eigenvalue weighted by Crippen LogP contribution is -2.03. The minimum atomic E-state index is -0.458. The summed E-state index contributed by atoms with van der Waals surface area (Å²) in [5.41, 5.74) is 0.996. The lowest BCUT2D eigenvalue weighted by atomic mass is 10.2. The molecule has 2 rings (SSSR count). The van der Waals surface area contributed by atoms with E-state index in [9.17, 15) is 4.39 Å². The molecular weight excluding hydrogens is 209 g/mol. The molecule has 2 heterocycles. The predicted octanol–water partition coefficient (Wildman–Crippen LogP) is 2.44. The fourth-order valence-corrected chi connectivity index (χ4v) is 1.48. The van der Waals surface area contributed by atoms with Crippen molar-refractivity contribution < 1.29 is 8.81 Å². The second-order valence-corrected chi connectivity index (χ2v) is 3.51. The number of hydrogen-bond acceptors (Lipinski definition) is 4. The number of anilines is 1. The van der Waals surface area contributed by atoms with Gasteiger partial charge in [0.15, 0.2) is 11.6 Å². The number of hydrogen-bond donors (Lipinski definition) is 1. The SMILES string of the molecule is Cc1cc(CNc2ncncc2F)c(C)o1. The van der Waals surface area contributed by atoms with Crippen molar-refractivity contribution in [1.82, 2.24) is 9.97 Å². The maximum Gasteiger partial charge on any atom is 0.183 e. The van der Waals surface area contributed by atoms with E-state index in [4.69, 9.17) is 4.42 Å². The number of nitrogens with one attached hydrogen (secondary N) is 1. The quantitative estimate of drug-likeness (QED) is 0.864. The van der Waals surface area contributed by atoms with Crippen molar-refractivity contribution in [2.45, 2.75) is 20.4 Å². The first-order chi connectivity index (χ1) is 7.66. The third-order valence-corrected chi connectivity index (χ3v) is 2.26. The molecule has 0 saturated heterocycles. The van der Waals surface area contributed by atoms with Crippen LogP contribution in [0.3, 0.4) is 0 Å². The van der Waals surface area contributed by atoms with Crippen molar-refractivity contribution in [2.75, 3.05) is 5.32 Å². The Kier molecular flexibility index (Phi) is 2.85. The first kappa shape index (κ1) is 10.6. The first-order valence-corrected chi connectivity index (χ1v) is 4.92. The molecule has 0 aliphatic carbocycles. The molecule has 0 unspecified atom stereocenters. The third-order valence-electron chi connectivity index (χ3n) is 2.26. The molecule has 2 aromatic rings. The Morgan fingerprint density at radius 3 is 2.88 bits per heavy atom. The lowest BCUT2D eigenvalue weighted by Gasteiger charge is -2.04. The summed E-state index contributed by atoms with van der Waals surface area (Å²) in [6.45, 7) is 4.24. The monoisotopic (exact) mass is 221 g/mol. The zero-order chi connectivity index (χ0) is 11.5. The summed E-state index contributed by atoms with van der Waals surface area (Å²) >= 11 is 0. The van der Waals surface area contributed by atoms with E-state index in [0.717, 1.165) is 23.3 Å². The van der Waals surface area contributed by atoms with E-state index >= 15 is 0 Å². The number of furan rings is 1. The fraction of sp³-hybridized carbons (Fsp3) is 0.273. The van der Waals surface area contributed by atoms with Crippen LogP contribution >= 0.6 is 0 Å². The highest BCUT2D eigenvalue weighted by molar-refractivity contribution is 5.36. The Balaban J connectivity index is 2.08. The molecule has 5 heteroatoms. The van der Waals surface area contributed by atoms with Crippen molar-refractivity contribution >= 4 is 5.82 Å². The molecule has 84 valence electrons. The van der Waals surface area contributed by atoms with Gasteiger partial charge in [0.2, 0.25) is 0 Å². The van der Waals surface area contributed by atoms with Crippen LogP contribution in [0.15, 0.2) is 23.0 Å². The third kappa shape index (κ3) is 2.18. The van der Waals surface area contributed by atoms with E-state index in [1.54, 1.807) is 0 Å². The molecule has 1 N–H and O–H groups in total. The van der Waals surface area contributed by atoms with Crippen LogP contribution in [0.25, 0.3) is 0 Å². The Morgan fingerprint density at radius 1 is 1.44 bits per heavy atom. The van der Waals surface area contributed by atoms with Crippen molar-refractivity contribution in [3.05, 3.63) is 41.5 Å². The largest absolute Gasteiger partial charge is 0.466 e. The Bertz CT molecular complexity index is 496. The molecule has 0 radical (unpaired) electrons. The fourth-order valence-electron chi connectivity index (χ4n) is 1.48. The summed E-state index contributed by atoms with van der Waals surface area (Å²) in [6, 6.07) is 1.92. The number of rotatable bonds is 3. The number of aryl methyl sites for hydroxylation is 2. The van der Waals surface area contributed by atoms with E-state index in [2.05, 4.69) is 15.3 Å². The van der Waals surface area contributed by atoms with Crippen molar-refractivity contribution in [2.24, 2.45) is 0 Å². The standard InChI is InChI=1S/C11H12FN3O/c1-7-3-9(8(2)16-7)4-14-11-10(12)5-13-6-15-11/h3,5-6H,4H2,1-2H3,(H,13,14,15). The Hall–Kier alpha value is -1.91. The van der Waals surface area contributed by atoms with E-state index in [0.29, 0.717) is 6.54 Å². The minimum absolute atomic E-state index is 0.202. The van der Waals surface area contributed by atoms with Crippen LogP contribution in [0, 0.1) is 19.7 Å². The van der Waals surface area contributed by atoms with Gasteiger partial charge >= 0.3 is 0 Å². The highest BCUT2D eigenvalue weighted by Crippen LogP contribution is 2.15. The minimum Gasteiger partial charge on any atom is -0.466 e. The maximum atomic E-state index is 13.2. The summed E-state index contributed by atoms with van der Waals surface area (Å²) in [6.07, 6.45) is 2.43. The van der Waals surface area contributed by atoms with Crippen LogP contribution in [-0.4, -0.2) is 9.97 Å². The predicted molar refractivity (Wildman–Crippen MR) is 57.5 cm³/mol. The zero-order valence-electron chi connectivity index (χ0n) is 9.12. The van der Waals surface area contributed by atoms with Gasteiger partial charge in [0.05, 0.1) is 6.20 Å². The van der Waals surface area contributed by atoms with Crippen molar-refractivity contribution in [3.8, 4) is 0 Å². The van der Waals surface area contributed by atoms with Crippen LogP contribution in [0.2, 0.25) is 0 Å². The van der Waals surface area contributed by atoms with Gasteiger partial charge in [-0.1, -0.05) is 0 Å². The second-order valence-electron chi connectivity index (χ2n) is 3.51. The molecular formula is C11H12FN3O. The molecule has 0 aliphatic heterocycles. The summed E-state index contributed by atoms with van der Waals surface area (Å²) in [5.74, 6) is 1.42. The second kappa shape index (κ2) is 4.30. The van der Waals surface area contributed by atoms with Gasteiger partial charge in [-0.3, -0.25) is 0 Å². The number of nitrogens with zero attached hydrogens (tertiary/aromatic N) is 2. The van der Waals surface area contributed by atoms with Crippen LogP contribution in [0.5, 0.6) is 0 Å². The molecule has 2 aromatic heterocycles. The summed E-state index contributed by atoms with van der Waals surface area (Å²) in [4.78, 5) is 7.38. The van der Waals surface area contributed by atoms with Gasteiger partial charge in [-0.2, -0.15) is 0 Å². The van der Waals surface area contributed by atoms with Crippen LogP contribution in [-0.2, 0) is 6.54 Å². The highest BCUT2D eigenvalue weighted by Gasteiger charge is 2.06. The molecule has 4 nitrogen and oxygen atoms in total. The molecule has 0 aromatic carbocycles. The number of aromatic nitrogens is 2. The summed E-state index contributed by atoms with van der Waals surface area (Å²) in [5, 5.41) is 2.90. The highest BCUT2D eigenvalue weighted by atomic mass is 19.1. The molecule has 0 aliphatic rings. The maximum absolute atomic E-state index is 13.2. The van der Waals surface area contributed by atoms with Gasteiger partial charge in [0.1, 0.15) is 17.8 Å². The van der Waals surface area contributed by atoms with E-state index in [1.807, 2.05) is 19.9 Å². The van der Waals surface area contributed by atoms with Gasteiger partial charge in [-0.05, 0) is 19.9 Å². The first-order valence-electron chi connectivity index (χ1n) is 4.92. The van der Waals surface area contributed by atoms with Crippen LogP contribution in [0.4, 0.5) is 10.2 Å². The normalized spacial score (nSPS) is 10.4. The average Bonchev–Trinajstić information content (AvgIpc) is 2.56. The Morgan fingerprint density at radius 2 is 2.25 bits per heavy atom. The van der Waals surface area contributed by atoms with Gasteiger partial charge in [0.25, 0.3) is 0 Å². The van der Waals surface area contributed by atoms with E-state index < -0.39 is 5.82 Å². The summed E-state index contributed by atoms with van der Waals surface area (Å²) < 4.78 is 18.6. The van der Waals surface area contributed by atoms with E-state index in [-0.39, 0.29) is 5.82 Å². The van der Waals surface area contributed by atoms with Crippen LogP contribution < -0.4 is 5.32 Å². The molecule has 16 heavy (non-hydrogen) atoms. The molecule has 0 amide bonds. The lowest BCUT2D eigenvalue weighted by molar-refractivity contribution is 0.501. The zero-order valence-corrected chi connectivity index (χ0v) is 9.12. The molecule has 0 bridgehead atoms. The summed E-state index contributed by atoms with van der Waals surface area (Å²) in [7, 11) is 0. The van der Waals surface area contributed by atoms with Crippen LogP contribution in [0.1, 0.15) is 17.1 Å². The van der Waals surface area contributed by atoms with Gasteiger partial charge in [-0.25, -0.2) is 14.4 Å². The van der Waals surface area contributed by atoms with Gasteiger partial charge in [-0.15, -0.1) is 0 Å².